The van der Waals surface area contributed by atoms with Gasteiger partial charge in [0.1, 0.15) is 23.8 Å². The highest BCUT2D eigenvalue weighted by Gasteiger charge is 2.52. The van der Waals surface area contributed by atoms with Crippen LogP contribution in [0.3, 0.4) is 0 Å². The SMILES string of the molecule is CCC[C@H](NC(=O)[C@@H]1[C@H]2CCC[C@H]2CN1C(=O)[C@@H](NC(=O)[C@@H](NC(=O)c1cnccn1)C1CCCC1)C(C)(C)C)C(O)C(=O)N[C@@H](C)CC. The van der Waals surface area contributed by atoms with Crippen molar-refractivity contribution in [3.05, 3.63) is 24.3 Å². The molecule has 13 nitrogen and oxygen atoms in total. The molecule has 13 heteroatoms. The van der Waals surface area contributed by atoms with E-state index in [1.54, 1.807) is 4.90 Å². The zero-order valence-corrected chi connectivity index (χ0v) is 30.0. The molecule has 272 valence electrons. The van der Waals surface area contributed by atoms with Crippen LogP contribution in [-0.4, -0.2) is 92.4 Å². The van der Waals surface area contributed by atoms with Crippen molar-refractivity contribution in [1.29, 1.82) is 0 Å². The molecule has 2 saturated carbocycles. The first-order chi connectivity index (χ1) is 23.3. The van der Waals surface area contributed by atoms with Gasteiger partial charge in [0.2, 0.25) is 17.7 Å². The van der Waals surface area contributed by atoms with E-state index in [2.05, 4.69) is 31.2 Å². The standard InChI is InChI=1S/C36H57N7O6/c1-7-12-25(29(44)34(48)39-21(3)8-2)40-33(47)28-24-16-11-15-23(24)20-43(28)35(49)30(36(4,5)6)42-32(46)27(22-13-9-10-14-22)41-31(45)26-19-37-17-18-38-26/h17-19,21-25,27-30,44H,7-16,20H2,1-6H3,(H,39,48)(H,40,47)(H,41,45)(H,42,46)/t21-,23-,24-,25-,27-,28-,29?,30+/m0/s1. The molecule has 0 aromatic carbocycles. The number of nitrogens with zero attached hydrogens (tertiary/aromatic N) is 3. The van der Waals surface area contributed by atoms with Gasteiger partial charge in [-0.25, -0.2) is 4.98 Å². The van der Waals surface area contributed by atoms with Crippen molar-refractivity contribution in [2.45, 2.75) is 142 Å². The molecule has 5 N–H and O–H groups in total. The summed E-state index contributed by atoms with van der Waals surface area (Å²) in [5.74, 6) is -2.27. The fourth-order valence-corrected chi connectivity index (χ4v) is 7.74. The predicted octanol–water partition coefficient (Wildman–Crippen LogP) is 2.48. The van der Waals surface area contributed by atoms with Gasteiger partial charge >= 0.3 is 0 Å². The van der Waals surface area contributed by atoms with Crippen LogP contribution in [0, 0.1) is 23.2 Å². The van der Waals surface area contributed by atoms with Crippen molar-refractivity contribution in [1.82, 2.24) is 36.1 Å². The van der Waals surface area contributed by atoms with Gasteiger partial charge in [-0.15, -0.1) is 0 Å². The first-order valence-corrected chi connectivity index (χ1v) is 18.2. The summed E-state index contributed by atoms with van der Waals surface area (Å²) in [5, 5.41) is 22.6. The van der Waals surface area contributed by atoms with Crippen molar-refractivity contribution < 1.29 is 29.1 Å². The number of rotatable bonds is 14. The zero-order chi connectivity index (χ0) is 35.9. The second-order valence-corrected chi connectivity index (χ2v) is 15.4. The molecule has 2 aliphatic carbocycles. The van der Waals surface area contributed by atoms with Gasteiger partial charge in [0.25, 0.3) is 11.8 Å². The summed E-state index contributed by atoms with van der Waals surface area (Å²) in [7, 11) is 0. The molecule has 4 rings (SSSR count). The minimum atomic E-state index is -1.44. The smallest absolute Gasteiger partial charge is 0.272 e. The van der Waals surface area contributed by atoms with Crippen LogP contribution in [0.15, 0.2) is 18.6 Å². The maximum Gasteiger partial charge on any atom is 0.272 e. The van der Waals surface area contributed by atoms with Crippen LogP contribution >= 0.6 is 0 Å². The zero-order valence-electron chi connectivity index (χ0n) is 30.0. The molecular weight excluding hydrogens is 626 g/mol. The lowest BCUT2D eigenvalue weighted by atomic mass is 9.84. The lowest BCUT2D eigenvalue weighted by Crippen LogP contribution is -2.62. The molecule has 1 aromatic heterocycles. The average Bonchev–Trinajstić information content (AvgIpc) is 3.83. The Labute approximate surface area is 290 Å². The van der Waals surface area contributed by atoms with Gasteiger partial charge in [0.15, 0.2) is 6.10 Å². The van der Waals surface area contributed by atoms with Crippen LogP contribution in [0.25, 0.3) is 0 Å². The largest absolute Gasteiger partial charge is 0.381 e. The predicted molar refractivity (Wildman–Crippen MR) is 184 cm³/mol. The normalized spacial score (nSPS) is 23.9. The summed E-state index contributed by atoms with van der Waals surface area (Å²) in [6, 6.07) is -3.59. The highest BCUT2D eigenvalue weighted by Crippen LogP contribution is 2.43. The van der Waals surface area contributed by atoms with Crippen LogP contribution in [0.4, 0.5) is 0 Å². The third-order valence-electron chi connectivity index (χ3n) is 10.7. The van der Waals surface area contributed by atoms with E-state index < -0.39 is 59.3 Å². The van der Waals surface area contributed by atoms with Crippen LogP contribution in [0.1, 0.15) is 116 Å². The van der Waals surface area contributed by atoms with Gasteiger partial charge in [-0.1, -0.05) is 60.3 Å². The van der Waals surface area contributed by atoms with Gasteiger partial charge in [-0.05, 0) is 68.6 Å². The maximum absolute atomic E-state index is 14.6. The van der Waals surface area contributed by atoms with Gasteiger partial charge in [-0.2, -0.15) is 0 Å². The lowest BCUT2D eigenvalue weighted by Gasteiger charge is -2.38. The fraction of sp³-hybridized carbons (Fsp3) is 0.750. The highest BCUT2D eigenvalue weighted by atomic mass is 16.3. The number of nitrogens with one attached hydrogen (secondary N) is 4. The molecule has 0 spiro atoms. The number of carbonyl (C=O) groups is 5. The Morgan fingerprint density at radius 1 is 0.939 bits per heavy atom. The molecule has 5 amide bonds. The Morgan fingerprint density at radius 2 is 1.65 bits per heavy atom. The van der Waals surface area contributed by atoms with E-state index >= 15 is 0 Å². The summed E-state index contributed by atoms with van der Waals surface area (Å²) in [5.41, 5.74) is -0.627. The molecule has 3 aliphatic rings. The Morgan fingerprint density at radius 3 is 2.27 bits per heavy atom. The molecule has 1 aromatic rings. The third kappa shape index (κ3) is 9.34. The summed E-state index contributed by atoms with van der Waals surface area (Å²) in [6.07, 6.45) is 10.6. The molecule has 1 saturated heterocycles. The number of carbonyl (C=O) groups excluding carboxylic acids is 5. The Kier molecular flexibility index (Phi) is 13.1. The van der Waals surface area contributed by atoms with Crippen molar-refractivity contribution in [2.75, 3.05) is 6.54 Å². The van der Waals surface area contributed by atoms with E-state index in [9.17, 15) is 29.1 Å². The molecular formula is C36H57N7O6. The van der Waals surface area contributed by atoms with Gasteiger partial charge < -0.3 is 31.3 Å². The number of likely N-dealkylation sites (tertiary alicyclic amines) is 1. The first kappa shape index (κ1) is 38.2. The van der Waals surface area contributed by atoms with Crippen molar-refractivity contribution in [2.24, 2.45) is 23.2 Å². The fourth-order valence-electron chi connectivity index (χ4n) is 7.74. The number of aliphatic hydroxyl groups is 1. The van der Waals surface area contributed by atoms with E-state index in [0.717, 1.165) is 44.9 Å². The molecule has 0 bridgehead atoms. The van der Waals surface area contributed by atoms with E-state index in [0.29, 0.717) is 25.8 Å². The Hall–Kier alpha value is -3.61. The topological polar surface area (TPSA) is 183 Å². The highest BCUT2D eigenvalue weighted by molar-refractivity contribution is 5.98. The van der Waals surface area contributed by atoms with Crippen LogP contribution in [0.2, 0.25) is 0 Å². The van der Waals surface area contributed by atoms with Crippen molar-refractivity contribution >= 4 is 29.5 Å². The molecule has 3 fully saturated rings. The molecule has 1 aliphatic heterocycles. The second kappa shape index (κ2) is 16.9. The van der Waals surface area contributed by atoms with E-state index in [1.807, 2.05) is 41.5 Å². The number of hydrogen-bond donors (Lipinski definition) is 5. The molecule has 2 heterocycles. The summed E-state index contributed by atoms with van der Waals surface area (Å²) in [6.45, 7) is 11.7. The second-order valence-electron chi connectivity index (χ2n) is 15.4. The molecule has 1 unspecified atom stereocenters. The Bertz CT molecular complexity index is 1310. The first-order valence-electron chi connectivity index (χ1n) is 18.2. The molecule has 0 radical (unpaired) electrons. The molecule has 8 atom stereocenters. The van der Waals surface area contributed by atoms with Crippen LogP contribution in [0.5, 0.6) is 0 Å². The van der Waals surface area contributed by atoms with Crippen LogP contribution in [-0.2, 0) is 19.2 Å². The van der Waals surface area contributed by atoms with E-state index in [-0.39, 0.29) is 35.4 Å². The quantitative estimate of drug-likeness (QED) is 0.198. The van der Waals surface area contributed by atoms with Crippen molar-refractivity contribution in [3.8, 4) is 0 Å². The van der Waals surface area contributed by atoms with Gasteiger partial charge in [0.05, 0.1) is 12.2 Å². The Balaban J connectivity index is 1.56. The monoisotopic (exact) mass is 683 g/mol. The number of aromatic nitrogens is 2. The number of amides is 5. The minimum absolute atomic E-state index is 0.0638. The third-order valence-corrected chi connectivity index (χ3v) is 10.7. The minimum Gasteiger partial charge on any atom is -0.381 e. The number of aliphatic hydroxyl groups excluding tert-OH is 1. The average molecular weight is 684 g/mol. The number of hydrogen-bond acceptors (Lipinski definition) is 8. The summed E-state index contributed by atoms with van der Waals surface area (Å²) in [4.78, 5) is 78.4. The molecule has 49 heavy (non-hydrogen) atoms. The van der Waals surface area contributed by atoms with Crippen LogP contribution < -0.4 is 21.3 Å². The summed E-state index contributed by atoms with van der Waals surface area (Å²) >= 11 is 0. The number of fused-ring (bicyclic) bond motifs is 1. The van der Waals surface area contributed by atoms with Gasteiger partial charge in [-0.3, -0.25) is 29.0 Å². The van der Waals surface area contributed by atoms with E-state index in [4.69, 9.17) is 0 Å². The lowest BCUT2D eigenvalue weighted by molar-refractivity contribution is -0.146. The van der Waals surface area contributed by atoms with E-state index in [1.165, 1.54) is 18.6 Å². The summed E-state index contributed by atoms with van der Waals surface area (Å²) < 4.78 is 0. The van der Waals surface area contributed by atoms with Gasteiger partial charge in [0, 0.05) is 25.0 Å². The van der Waals surface area contributed by atoms with Crippen molar-refractivity contribution in [3.63, 3.8) is 0 Å². The maximum atomic E-state index is 14.6.